The van der Waals surface area contributed by atoms with Crippen LogP contribution in [0, 0.1) is 0 Å². The molecule has 0 fully saturated rings. The Morgan fingerprint density at radius 3 is 2.68 bits per heavy atom. The maximum absolute atomic E-state index is 12.2. The van der Waals surface area contributed by atoms with Crippen molar-refractivity contribution in [3.8, 4) is 0 Å². The van der Waals surface area contributed by atoms with E-state index in [1.807, 2.05) is 30.3 Å². The Balaban J connectivity index is 2.06. The van der Waals surface area contributed by atoms with Crippen LogP contribution in [0.5, 0.6) is 0 Å². The molecule has 7 nitrogen and oxygen atoms in total. The van der Waals surface area contributed by atoms with Crippen LogP contribution < -0.4 is 5.32 Å². The van der Waals surface area contributed by atoms with Crippen molar-refractivity contribution in [1.29, 1.82) is 0 Å². The number of methoxy groups -OCH3 is 1. The van der Waals surface area contributed by atoms with Crippen molar-refractivity contribution in [2.75, 3.05) is 7.11 Å². The molecule has 0 aliphatic carbocycles. The second-order valence-electron chi connectivity index (χ2n) is 4.03. The number of carbonyl (C=O) groups excluding carboxylic acids is 1. The Bertz CT molecular complexity index is 514. The third kappa shape index (κ3) is 3.14. The molecule has 2 rings (SSSR count). The standard InChI is InChI=1S/C12H15N5O2/c1-8(11-14-16-17-15-11)13-12(18)10(19-2)9-6-4-3-5-7-9/h3-8,10H,1-2H3,(H,13,18)(H,14,15,16,17). The van der Waals surface area contributed by atoms with Crippen LogP contribution in [-0.4, -0.2) is 33.6 Å². The van der Waals surface area contributed by atoms with Crippen LogP contribution >= 0.6 is 0 Å². The molecule has 2 N–H and O–H groups in total. The van der Waals surface area contributed by atoms with E-state index in [9.17, 15) is 4.79 Å². The summed E-state index contributed by atoms with van der Waals surface area (Å²) in [6.07, 6.45) is -0.657. The summed E-state index contributed by atoms with van der Waals surface area (Å²) in [6, 6.07) is 8.94. The molecule has 1 heterocycles. The number of amides is 1. The summed E-state index contributed by atoms with van der Waals surface area (Å²) in [5, 5.41) is 16.2. The second kappa shape index (κ2) is 6.05. The number of aromatic nitrogens is 4. The van der Waals surface area contributed by atoms with E-state index in [4.69, 9.17) is 4.74 Å². The number of hydrogen-bond donors (Lipinski definition) is 2. The summed E-state index contributed by atoms with van der Waals surface area (Å²) in [5.41, 5.74) is 0.794. The van der Waals surface area contributed by atoms with Crippen LogP contribution in [0.2, 0.25) is 0 Å². The molecule has 19 heavy (non-hydrogen) atoms. The minimum absolute atomic E-state index is 0.244. The quantitative estimate of drug-likeness (QED) is 0.829. The van der Waals surface area contributed by atoms with E-state index in [-0.39, 0.29) is 11.9 Å². The minimum Gasteiger partial charge on any atom is -0.367 e. The molecule has 2 aromatic rings. The van der Waals surface area contributed by atoms with E-state index in [0.29, 0.717) is 5.82 Å². The summed E-state index contributed by atoms with van der Waals surface area (Å²) >= 11 is 0. The molecular formula is C12H15N5O2. The Morgan fingerprint density at radius 2 is 2.11 bits per heavy atom. The van der Waals surface area contributed by atoms with Gasteiger partial charge >= 0.3 is 0 Å². The largest absolute Gasteiger partial charge is 0.367 e. The van der Waals surface area contributed by atoms with Crippen molar-refractivity contribution >= 4 is 5.91 Å². The van der Waals surface area contributed by atoms with Gasteiger partial charge in [0.2, 0.25) is 0 Å². The van der Waals surface area contributed by atoms with Gasteiger partial charge in [0.15, 0.2) is 11.9 Å². The van der Waals surface area contributed by atoms with Gasteiger partial charge in [0.25, 0.3) is 5.91 Å². The zero-order valence-electron chi connectivity index (χ0n) is 10.7. The van der Waals surface area contributed by atoms with Gasteiger partial charge in [-0.05, 0) is 12.5 Å². The first-order valence-electron chi connectivity index (χ1n) is 5.84. The summed E-state index contributed by atoms with van der Waals surface area (Å²) < 4.78 is 5.24. The van der Waals surface area contributed by atoms with Crippen molar-refractivity contribution in [2.24, 2.45) is 0 Å². The number of tetrazole rings is 1. The topological polar surface area (TPSA) is 92.8 Å². The lowest BCUT2D eigenvalue weighted by atomic mass is 10.1. The fourth-order valence-electron chi connectivity index (χ4n) is 1.73. The summed E-state index contributed by atoms with van der Waals surface area (Å²) in [5.74, 6) is 0.183. The SMILES string of the molecule is COC(C(=O)NC(C)c1nn[nH]n1)c1ccccc1. The van der Waals surface area contributed by atoms with Gasteiger partial charge in [0.1, 0.15) is 0 Å². The van der Waals surface area contributed by atoms with Gasteiger partial charge in [-0.3, -0.25) is 4.79 Å². The fraction of sp³-hybridized carbons (Fsp3) is 0.333. The van der Waals surface area contributed by atoms with Gasteiger partial charge < -0.3 is 10.1 Å². The highest BCUT2D eigenvalue weighted by Crippen LogP contribution is 2.17. The van der Waals surface area contributed by atoms with E-state index in [2.05, 4.69) is 25.9 Å². The maximum Gasteiger partial charge on any atom is 0.254 e. The molecule has 0 aliphatic rings. The van der Waals surface area contributed by atoms with Crippen LogP contribution in [-0.2, 0) is 9.53 Å². The molecule has 2 atom stereocenters. The molecule has 7 heteroatoms. The van der Waals surface area contributed by atoms with Gasteiger partial charge in [0.05, 0.1) is 6.04 Å². The molecule has 0 saturated heterocycles. The molecule has 0 spiro atoms. The van der Waals surface area contributed by atoms with Crippen LogP contribution in [0.15, 0.2) is 30.3 Å². The lowest BCUT2D eigenvalue weighted by Crippen LogP contribution is -2.33. The normalized spacial score (nSPS) is 13.8. The summed E-state index contributed by atoms with van der Waals surface area (Å²) in [6.45, 7) is 1.78. The maximum atomic E-state index is 12.2. The molecule has 0 aliphatic heterocycles. The predicted octanol–water partition coefficient (Wildman–Crippen LogP) is 0.765. The van der Waals surface area contributed by atoms with Gasteiger partial charge in [0, 0.05) is 7.11 Å². The van der Waals surface area contributed by atoms with Crippen LogP contribution in [0.1, 0.15) is 30.5 Å². The second-order valence-corrected chi connectivity index (χ2v) is 4.03. The molecule has 1 aromatic heterocycles. The van der Waals surface area contributed by atoms with Crippen molar-refractivity contribution in [3.05, 3.63) is 41.7 Å². The van der Waals surface area contributed by atoms with Gasteiger partial charge in [-0.1, -0.05) is 35.5 Å². The molecule has 0 saturated carbocycles. The van der Waals surface area contributed by atoms with Gasteiger partial charge in [-0.25, -0.2) is 0 Å². The van der Waals surface area contributed by atoms with Gasteiger partial charge in [-0.15, -0.1) is 10.2 Å². The number of aromatic amines is 1. The smallest absolute Gasteiger partial charge is 0.254 e. The average molecular weight is 261 g/mol. The highest BCUT2D eigenvalue weighted by molar-refractivity contribution is 5.82. The minimum atomic E-state index is -0.657. The van der Waals surface area contributed by atoms with Crippen LogP contribution in [0.3, 0.4) is 0 Å². The van der Waals surface area contributed by atoms with Crippen molar-refractivity contribution < 1.29 is 9.53 Å². The number of ether oxygens (including phenoxy) is 1. The van der Waals surface area contributed by atoms with E-state index < -0.39 is 6.10 Å². The van der Waals surface area contributed by atoms with Gasteiger partial charge in [-0.2, -0.15) is 5.21 Å². The Hall–Kier alpha value is -2.28. The van der Waals surface area contributed by atoms with E-state index in [1.165, 1.54) is 7.11 Å². The lowest BCUT2D eigenvalue weighted by molar-refractivity contribution is -0.132. The number of benzene rings is 1. The highest BCUT2D eigenvalue weighted by Gasteiger charge is 2.22. The van der Waals surface area contributed by atoms with Crippen molar-refractivity contribution in [2.45, 2.75) is 19.1 Å². The molecule has 100 valence electrons. The molecule has 0 radical (unpaired) electrons. The zero-order valence-corrected chi connectivity index (χ0v) is 10.7. The summed E-state index contributed by atoms with van der Waals surface area (Å²) in [4.78, 5) is 12.2. The number of carbonyl (C=O) groups is 1. The third-order valence-corrected chi connectivity index (χ3v) is 2.68. The number of nitrogens with zero attached hydrogens (tertiary/aromatic N) is 3. The van der Waals surface area contributed by atoms with Crippen molar-refractivity contribution in [3.63, 3.8) is 0 Å². The Labute approximate surface area is 110 Å². The Kier molecular flexibility index (Phi) is 4.19. The van der Waals surface area contributed by atoms with E-state index >= 15 is 0 Å². The third-order valence-electron chi connectivity index (χ3n) is 2.68. The predicted molar refractivity (Wildman–Crippen MR) is 66.9 cm³/mol. The number of rotatable bonds is 5. The number of hydrogen-bond acceptors (Lipinski definition) is 5. The first-order chi connectivity index (χ1) is 9.22. The fourth-order valence-corrected chi connectivity index (χ4v) is 1.73. The van der Waals surface area contributed by atoms with Crippen LogP contribution in [0.25, 0.3) is 0 Å². The molecule has 1 amide bonds. The zero-order chi connectivity index (χ0) is 13.7. The monoisotopic (exact) mass is 261 g/mol. The molecule has 0 bridgehead atoms. The lowest BCUT2D eigenvalue weighted by Gasteiger charge is -2.17. The first-order valence-corrected chi connectivity index (χ1v) is 5.84. The van der Waals surface area contributed by atoms with E-state index in [0.717, 1.165) is 5.56 Å². The molecule has 1 aromatic carbocycles. The number of nitrogens with one attached hydrogen (secondary N) is 2. The highest BCUT2D eigenvalue weighted by atomic mass is 16.5. The molecule has 2 unspecified atom stereocenters. The molecular weight excluding hydrogens is 246 g/mol. The number of H-pyrrole nitrogens is 1. The van der Waals surface area contributed by atoms with E-state index in [1.54, 1.807) is 6.92 Å². The first kappa shape index (κ1) is 13.2. The Morgan fingerprint density at radius 1 is 1.37 bits per heavy atom. The average Bonchev–Trinajstić information content (AvgIpc) is 2.94. The van der Waals surface area contributed by atoms with Crippen molar-refractivity contribution in [1.82, 2.24) is 25.9 Å². The van der Waals surface area contributed by atoms with Crippen LogP contribution in [0.4, 0.5) is 0 Å². The summed E-state index contributed by atoms with van der Waals surface area (Å²) in [7, 11) is 1.50.